The predicted octanol–water partition coefficient (Wildman–Crippen LogP) is 4.36. The van der Waals surface area contributed by atoms with E-state index >= 15 is 0 Å². The third-order valence-electron chi connectivity index (χ3n) is 4.90. The Labute approximate surface area is 203 Å². The summed E-state index contributed by atoms with van der Waals surface area (Å²) in [5.74, 6) is 1.67. The van der Waals surface area contributed by atoms with E-state index in [-0.39, 0.29) is 29.9 Å². The van der Waals surface area contributed by atoms with E-state index in [2.05, 4.69) is 27.8 Å². The van der Waals surface area contributed by atoms with Crippen molar-refractivity contribution in [3.05, 3.63) is 64.7 Å². The monoisotopic (exact) mass is 538 g/mol. The molecule has 1 amide bonds. The summed E-state index contributed by atoms with van der Waals surface area (Å²) >= 11 is 0. The Morgan fingerprint density at radius 3 is 2.29 bits per heavy atom. The summed E-state index contributed by atoms with van der Waals surface area (Å²) in [6.45, 7) is 11.4. The molecule has 0 radical (unpaired) electrons. The first-order chi connectivity index (χ1) is 14.5. The molecule has 2 N–H and O–H groups in total. The highest BCUT2D eigenvalue weighted by atomic mass is 127. The minimum atomic E-state index is 0. The zero-order valence-corrected chi connectivity index (χ0v) is 21.5. The number of rotatable bonds is 9. The highest BCUT2D eigenvalue weighted by Gasteiger charge is 2.12. The number of ether oxygens (including phenoxy) is 1. The van der Waals surface area contributed by atoms with Crippen molar-refractivity contribution in [3.8, 4) is 5.75 Å². The van der Waals surface area contributed by atoms with Gasteiger partial charge in [-0.3, -0.25) is 4.79 Å². The molecular formula is C24H35IN4O2. The summed E-state index contributed by atoms with van der Waals surface area (Å²) in [7, 11) is 1.69. The summed E-state index contributed by atoms with van der Waals surface area (Å²) in [5.41, 5.74) is 4.01. The van der Waals surface area contributed by atoms with E-state index in [0.717, 1.165) is 29.4 Å². The molecule has 0 fully saturated rings. The number of benzene rings is 2. The number of carbonyl (C=O) groups is 1. The number of hydrogen-bond acceptors (Lipinski definition) is 3. The first-order valence-corrected chi connectivity index (χ1v) is 10.6. The Hall–Kier alpha value is -2.29. The summed E-state index contributed by atoms with van der Waals surface area (Å²) < 4.78 is 5.48. The van der Waals surface area contributed by atoms with Gasteiger partial charge >= 0.3 is 0 Å². The van der Waals surface area contributed by atoms with Crippen LogP contribution < -0.4 is 15.4 Å². The van der Waals surface area contributed by atoms with E-state index in [4.69, 9.17) is 4.74 Å². The van der Waals surface area contributed by atoms with Crippen molar-refractivity contribution in [2.45, 2.75) is 40.8 Å². The van der Waals surface area contributed by atoms with Crippen LogP contribution in [0.5, 0.6) is 5.75 Å². The fraction of sp³-hybridized carbons (Fsp3) is 0.417. The van der Waals surface area contributed by atoms with Crippen LogP contribution in [0, 0.1) is 6.92 Å². The van der Waals surface area contributed by atoms with Crippen LogP contribution in [-0.4, -0.2) is 43.5 Å². The lowest BCUT2D eigenvalue weighted by Gasteiger charge is -2.18. The number of halogens is 1. The molecule has 0 aliphatic rings. The Balaban J connectivity index is 0.00000480. The summed E-state index contributed by atoms with van der Waals surface area (Å²) in [5, 5.41) is 6.63. The minimum Gasteiger partial charge on any atom is -0.496 e. The third-order valence-corrected chi connectivity index (χ3v) is 4.90. The summed E-state index contributed by atoms with van der Waals surface area (Å²) in [6.07, 6.45) is 0. The van der Waals surface area contributed by atoms with Crippen LogP contribution in [0.3, 0.4) is 0 Å². The first-order valence-electron chi connectivity index (χ1n) is 10.6. The van der Waals surface area contributed by atoms with Crippen molar-refractivity contribution in [1.29, 1.82) is 0 Å². The summed E-state index contributed by atoms with van der Waals surface area (Å²) in [4.78, 5) is 18.9. The number of carbonyl (C=O) groups excluding carboxylic acids is 1. The van der Waals surface area contributed by atoms with Crippen LogP contribution >= 0.6 is 24.0 Å². The van der Waals surface area contributed by atoms with Crippen LogP contribution in [0.4, 0.5) is 0 Å². The van der Waals surface area contributed by atoms with Gasteiger partial charge in [-0.1, -0.05) is 24.3 Å². The molecule has 0 spiro atoms. The molecule has 2 aromatic rings. The minimum absolute atomic E-state index is 0. The lowest BCUT2D eigenvalue weighted by atomic mass is 10.1. The zero-order valence-electron chi connectivity index (χ0n) is 19.2. The normalized spacial score (nSPS) is 10.8. The number of methoxy groups -OCH3 is 1. The van der Waals surface area contributed by atoms with E-state index in [1.807, 2.05) is 62.9 Å². The van der Waals surface area contributed by atoms with Crippen LogP contribution in [0.2, 0.25) is 0 Å². The topological polar surface area (TPSA) is 66.0 Å². The Bertz CT molecular complexity index is 849. The van der Waals surface area contributed by atoms with Gasteiger partial charge in [0.2, 0.25) is 0 Å². The van der Waals surface area contributed by atoms with Crippen molar-refractivity contribution in [3.63, 3.8) is 0 Å². The number of hydrogen-bond donors (Lipinski definition) is 2. The van der Waals surface area contributed by atoms with Crippen molar-refractivity contribution in [2.24, 2.45) is 4.99 Å². The molecule has 0 saturated carbocycles. The van der Waals surface area contributed by atoms with Gasteiger partial charge in [-0.15, -0.1) is 24.0 Å². The van der Waals surface area contributed by atoms with Gasteiger partial charge in [0, 0.05) is 37.3 Å². The second kappa shape index (κ2) is 13.9. The van der Waals surface area contributed by atoms with Crippen LogP contribution in [0.1, 0.15) is 47.8 Å². The molecule has 0 aliphatic carbocycles. The molecule has 0 unspecified atom stereocenters. The molecule has 0 heterocycles. The molecule has 0 bridgehead atoms. The standard InChI is InChI=1S/C24H34N4O2.HI/c1-6-25-24(27-17-21-12-9-18(4)15-22(21)30-5)26-16-19-10-13-20(14-11-19)23(29)28(7-2)8-3;/h9-15H,6-8,16-17H2,1-5H3,(H2,25,26,27);1H. The average molecular weight is 538 g/mol. The SMILES string of the molecule is CCNC(=NCc1ccc(C(=O)N(CC)CC)cc1)NCc1ccc(C)cc1OC.I. The molecule has 0 saturated heterocycles. The molecule has 7 heteroatoms. The fourth-order valence-corrected chi connectivity index (χ4v) is 3.13. The molecule has 0 aliphatic heterocycles. The summed E-state index contributed by atoms with van der Waals surface area (Å²) in [6, 6.07) is 13.9. The van der Waals surface area contributed by atoms with E-state index in [0.29, 0.717) is 31.7 Å². The van der Waals surface area contributed by atoms with E-state index in [1.165, 1.54) is 5.56 Å². The van der Waals surface area contributed by atoms with Crippen molar-refractivity contribution in [1.82, 2.24) is 15.5 Å². The zero-order chi connectivity index (χ0) is 21.9. The van der Waals surface area contributed by atoms with Crippen molar-refractivity contribution in [2.75, 3.05) is 26.7 Å². The van der Waals surface area contributed by atoms with Gasteiger partial charge in [0.1, 0.15) is 5.75 Å². The molecular weight excluding hydrogens is 503 g/mol. The molecule has 2 rings (SSSR count). The van der Waals surface area contributed by atoms with Gasteiger partial charge in [0.15, 0.2) is 5.96 Å². The van der Waals surface area contributed by atoms with E-state index < -0.39 is 0 Å². The third kappa shape index (κ3) is 8.05. The van der Waals surface area contributed by atoms with Crippen LogP contribution in [-0.2, 0) is 13.1 Å². The highest BCUT2D eigenvalue weighted by molar-refractivity contribution is 14.0. The van der Waals surface area contributed by atoms with Crippen LogP contribution in [0.15, 0.2) is 47.5 Å². The quantitative estimate of drug-likeness (QED) is 0.283. The fourth-order valence-electron chi connectivity index (χ4n) is 3.13. The van der Waals surface area contributed by atoms with Gasteiger partial charge in [-0.2, -0.15) is 0 Å². The first kappa shape index (κ1) is 26.7. The Morgan fingerprint density at radius 2 is 1.71 bits per heavy atom. The molecule has 0 atom stereocenters. The lowest BCUT2D eigenvalue weighted by molar-refractivity contribution is 0.0773. The number of amides is 1. The van der Waals surface area contributed by atoms with E-state index in [9.17, 15) is 4.79 Å². The van der Waals surface area contributed by atoms with Gasteiger partial charge < -0.3 is 20.3 Å². The number of aliphatic imine (C=N–C) groups is 1. The maximum Gasteiger partial charge on any atom is 0.253 e. The molecule has 31 heavy (non-hydrogen) atoms. The lowest BCUT2D eigenvalue weighted by Crippen LogP contribution is -2.36. The number of aryl methyl sites for hydroxylation is 1. The Morgan fingerprint density at radius 1 is 1.03 bits per heavy atom. The van der Waals surface area contributed by atoms with Gasteiger partial charge in [0.25, 0.3) is 5.91 Å². The van der Waals surface area contributed by atoms with Gasteiger partial charge in [-0.25, -0.2) is 4.99 Å². The van der Waals surface area contributed by atoms with Crippen LogP contribution in [0.25, 0.3) is 0 Å². The Kier molecular flexibility index (Phi) is 12.0. The number of nitrogens with one attached hydrogen (secondary N) is 2. The smallest absolute Gasteiger partial charge is 0.253 e. The van der Waals surface area contributed by atoms with Gasteiger partial charge in [0.05, 0.1) is 13.7 Å². The average Bonchev–Trinajstić information content (AvgIpc) is 2.77. The number of nitrogens with zero attached hydrogens (tertiary/aromatic N) is 2. The molecule has 170 valence electrons. The second-order valence-electron chi connectivity index (χ2n) is 7.04. The highest BCUT2D eigenvalue weighted by Crippen LogP contribution is 2.19. The maximum atomic E-state index is 12.4. The largest absolute Gasteiger partial charge is 0.496 e. The predicted molar refractivity (Wildman–Crippen MR) is 138 cm³/mol. The van der Waals surface area contributed by atoms with Crippen molar-refractivity contribution >= 4 is 35.8 Å². The van der Waals surface area contributed by atoms with E-state index in [1.54, 1.807) is 7.11 Å². The molecule has 6 nitrogen and oxygen atoms in total. The molecule has 0 aromatic heterocycles. The maximum absolute atomic E-state index is 12.4. The van der Waals surface area contributed by atoms with Gasteiger partial charge in [-0.05, 0) is 57.0 Å². The number of guanidine groups is 1. The molecule has 2 aromatic carbocycles. The van der Waals surface area contributed by atoms with Crippen molar-refractivity contribution < 1.29 is 9.53 Å². The second-order valence-corrected chi connectivity index (χ2v) is 7.04.